The predicted octanol–water partition coefficient (Wildman–Crippen LogP) is 1.36. The summed E-state index contributed by atoms with van der Waals surface area (Å²) in [6, 6.07) is 0. The second-order valence-corrected chi connectivity index (χ2v) is 3.71. The molecule has 1 aromatic heterocycles. The van der Waals surface area contributed by atoms with Crippen molar-refractivity contribution in [3.8, 4) is 0 Å². The van der Waals surface area contributed by atoms with Gasteiger partial charge in [-0.2, -0.15) is 0 Å². The largest absolute Gasteiger partial charge is 0.375 e. The summed E-state index contributed by atoms with van der Waals surface area (Å²) in [6.45, 7) is 4.47. The Balaban J connectivity index is 2.14. The van der Waals surface area contributed by atoms with Crippen molar-refractivity contribution in [2.75, 3.05) is 24.6 Å². The smallest absolute Gasteiger partial charge is 0.149 e. The summed E-state index contributed by atoms with van der Waals surface area (Å²) in [5.74, 6) is 0.827. The zero-order valence-electron chi connectivity index (χ0n) is 7.98. The topological polar surface area (TPSA) is 38.2 Å². The standard InChI is InChI=1S/C9H12ClN3O/c1-7-6-13(2-3-14-7)9-5-11-4-8(10)12-9/h4-5,7H,2-3,6H2,1H3. The molecule has 1 unspecified atom stereocenters. The average Bonchev–Trinajstić information content (AvgIpc) is 2.18. The lowest BCUT2D eigenvalue weighted by molar-refractivity contribution is 0.0529. The van der Waals surface area contributed by atoms with Gasteiger partial charge in [-0.15, -0.1) is 0 Å². The second kappa shape index (κ2) is 4.11. The van der Waals surface area contributed by atoms with Crippen LogP contribution in [0.1, 0.15) is 6.92 Å². The van der Waals surface area contributed by atoms with Crippen LogP contribution < -0.4 is 4.90 Å². The van der Waals surface area contributed by atoms with Crippen molar-refractivity contribution in [3.05, 3.63) is 17.5 Å². The summed E-state index contributed by atoms with van der Waals surface area (Å²) in [5, 5.41) is 0.432. The summed E-state index contributed by atoms with van der Waals surface area (Å²) in [4.78, 5) is 10.3. The fraction of sp³-hybridized carbons (Fsp3) is 0.556. The molecule has 0 bridgehead atoms. The fourth-order valence-corrected chi connectivity index (χ4v) is 1.65. The second-order valence-electron chi connectivity index (χ2n) is 3.33. The van der Waals surface area contributed by atoms with Crippen LogP contribution in [-0.2, 0) is 4.74 Å². The zero-order valence-corrected chi connectivity index (χ0v) is 8.74. The fourth-order valence-electron chi connectivity index (χ4n) is 1.51. The first-order valence-electron chi connectivity index (χ1n) is 4.60. The van der Waals surface area contributed by atoms with Crippen molar-refractivity contribution in [1.29, 1.82) is 0 Å². The molecule has 1 fully saturated rings. The van der Waals surface area contributed by atoms with E-state index in [1.165, 1.54) is 6.20 Å². The van der Waals surface area contributed by atoms with Crippen LogP contribution in [0.5, 0.6) is 0 Å². The molecule has 1 aliphatic rings. The molecule has 1 saturated heterocycles. The molecule has 0 N–H and O–H groups in total. The highest BCUT2D eigenvalue weighted by molar-refractivity contribution is 6.29. The van der Waals surface area contributed by atoms with Crippen molar-refractivity contribution in [3.63, 3.8) is 0 Å². The number of hydrogen-bond donors (Lipinski definition) is 0. The Bertz CT molecular complexity index is 321. The summed E-state index contributed by atoms with van der Waals surface area (Å²) in [6.07, 6.45) is 3.50. The van der Waals surface area contributed by atoms with Gasteiger partial charge in [0.05, 0.1) is 25.1 Å². The van der Waals surface area contributed by atoms with E-state index in [1.54, 1.807) is 6.20 Å². The van der Waals surface area contributed by atoms with Crippen LogP contribution in [0.15, 0.2) is 12.4 Å². The quantitative estimate of drug-likeness (QED) is 0.706. The van der Waals surface area contributed by atoms with E-state index in [0.29, 0.717) is 5.15 Å². The van der Waals surface area contributed by atoms with Gasteiger partial charge >= 0.3 is 0 Å². The van der Waals surface area contributed by atoms with Gasteiger partial charge in [-0.3, -0.25) is 4.98 Å². The summed E-state index contributed by atoms with van der Waals surface area (Å²) in [7, 11) is 0. The predicted molar refractivity (Wildman–Crippen MR) is 54.7 cm³/mol. The van der Waals surface area contributed by atoms with E-state index >= 15 is 0 Å². The Hall–Kier alpha value is -0.870. The van der Waals surface area contributed by atoms with Gasteiger partial charge in [0.2, 0.25) is 0 Å². The van der Waals surface area contributed by atoms with Crippen molar-refractivity contribution in [1.82, 2.24) is 9.97 Å². The maximum absolute atomic E-state index is 5.77. The van der Waals surface area contributed by atoms with Gasteiger partial charge in [-0.25, -0.2) is 4.98 Å². The van der Waals surface area contributed by atoms with Gasteiger partial charge in [0.15, 0.2) is 0 Å². The van der Waals surface area contributed by atoms with Gasteiger partial charge in [-0.05, 0) is 6.92 Å². The monoisotopic (exact) mass is 213 g/mol. The molecule has 0 spiro atoms. The Kier molecular flexibility index (Phi) is 2.84. The Morgan fingerprint density at radius 3 is 3.14 bits per heavy atom. The number of rotatable bonds is 1. The van der Waals surface area contributed by atoms with Crippen molar-refractivity contribution in [2.45, 2.75) is 13.0 Å². The number of morpholine rings is 1. The first-order chi connectivity index (χ1) is 6.75. The van der Waals surface area contributed by atoms with Crippen LogP contribution in [0.25, 0.3) is 0 Å². The van der Waals surface area contributed by atoms with E-state index in [2.05, 4.69) is 14.9 Å². The van der Waals surface area contributed by atoms with Crippen molar-refractivity contribution >= 4 is 17.4 Å². The molecule has 4 nitrogen and oxygen atoms in total. The maximum atomic E-state index is 5.77. The molecule has 14 heavy (non-hydrogen) atoms. The number of ether oxygens (including phenoxy) is 1. The number of nitrogens with zero attached hydrogens (tertiary/aromatic N) is 3. The minimum absolute atomic E-state index is 0.240. The minimum Gasteiger partial charge on any atom is -0.375 e. The SMILES string of the molecule is CC1CN(c2cncc(Cl)n2)CCO1. The highest BCUT2D eigenvalue weighted by atomic mass is 35.5. The molecule has 1 aliphatic heterocycles. The van der Waals surface area contributed by atoms with E-state index in [-0.39, 0.29) is 6.10 Å². The van der Waals surface area contributed by atoms with Crippen molar-refractivity contribution < 1.29 is 4.74 Å². The number of halogens is 1. The highest BCUT2D eigenvalue weighted by Crippen LogP contribution is 2.15. The van der Waals surface area contributed by atoms with Crippen LogP contribution in [0.3, 0.4) is 0 Å². The lowest BCUT2D eigenvalue weighted by atomic mass is 10.3. The summed E-state index contributed by atoms with van der Waals surface area (Å²) in [5.41, 5.74) is 0. The van der Waals surface area contributed by atoms with Crippen molar-refractivity contribution in [2.24, 2.45) is 0 Å². The lowest BCUT2D eigenvalue weighted by Gasteiger charge is -2.31. The molecule has 0 amide bonds. The number of hydrogen-bond acceptors (Lipinski definition) is 4. The molecule has 1 atom stereocenters. The maximum Gasteiger partial charge on any atom is 0.149 e. The lowest BCUT2D eigenvalue weighted by Crippen LogP contribution is -2.41. The minimum atomic E-state index is 0.240. The first-order valence-corrected chi connectivity index (χ1v) is 4.97. The van der Waals surface area contributed by atoms with Crippen LogP contribution in [0.4, 0.5) is 5.82 Å². The third kappa shape index (κ3) is 2.13. The van der Waals surface area contributed by atoms with Gasteiger partial charge in [0, 0.05) is 13.1 Å². The summed E-state index contributed by atoms with van der Waals surface area (Å²) >= 11 is 5.77. The van der Waals surface area contributed by atoms with E-state index < -0.39 is 0 Å². The molecule has 0 aromatic carbocycles. The normalized spacial score (nSPS) is 22.4. The van der Waals surface area contributed by atoms with E-state index in [4.69, 9.17) is 16.3 Å². The molecule has 76 valence electrons. The Morgan fingerprint density at radius 1 is 1.57 bits per heavy atom. The highest BCUT2D eigenvalue weighted by Gasteiger charge is 2.18. The third-order valence-corrected chi connectivity index (χ3v) is 2.34. The third-order valence-electron chi connectivity index (χ3n) is 2.16. The molecular weight excluding hydrogens is 202 g/mol. The van der Waals surface area contributed by atoms with Crippen LogP contribution in [-0.4, -0.2) is 35.8 Å². The molecule has 0 radical (unpaired) electrons. The van der Waals surface area contributed by atoms with Crippen LogP contribution in [0.2, 0.25) is 5.15 Å². The Labute approximate surface area is 87.9 Å². The molecule has 5 heteroatoms. The molecule has 0 saturated carbocycles. The van der Waals surface area contributed by atoms with Crippen LogP contribution >= 0.6 is 11.6 Å². The number of anilines is 1. The van der Waals surface area contributed by atoms with Gasteiger partial charge < -0.3 is 9.64 Å². The zero-order chi connectivity index (χ0) is 9.97. The molecule has 2 heterocycles. The van der Waals surface area contributed by atoms with Gasteiger partial charge in [0.25, 0.3) is 0 Å². The van der Waals surface area contributed by atoms with E-state index in [1.807, 2.05) is 6.92 Å². The molecular formula is C9H12ClN3O. The molecule has 0 aliphatic carbocycles. The first kappa shape index (κ1) is 9.68. The molecule has 1 aromatic rings. The number of aromatic nitrogens is 2. The van der Waals surface area contributed by atoms with Gasteiger partial charge in [0.1, 0.15) is 11.0 Å². The molecule has 2 rings (SSSR count). The van der Waals surface area contributed by atoms with Gasteiger partial charge in [-0.1, -0.05) is 11.6 Å². The van der Waals surface area contributed by atoms with Crippen LogP contribution in [0, 0.1) is 0 Å². The van der Waals surface area contributed by atoms with E-state index in [9.17, 15) is 0 Å². The van der Waals surface area contributed by atoms with E-state index in [0.717, 1.165) is 25.5 Å². The summed E-state index contributed by atoms with van der Waals surface area (Å²) < 4.78 is 5.44. The average molecular weight is 214 g/mol. The Morgan fingerprint density at radius 2 is 2.43 bits per heavy atom.